The van der Waals surface area contributed by atoms with Crippen molar-refractivity contribution >= 4 is 5.82 Å². The van der Waals surface area contributed by atoms with Crippen molar-refractivity contribution in [1.29, 1.82) is 0 Å². The van der Waals surface area contributed by atoms with E-state index in [1.165, 1.54) is 0 Å². The molecule has 3 rings (SSSR count). The molecule has 0 amide bonds. The molecule has 0 radical (unpaired) electrons. The van der Waals surface area contributed by atoms with Gasteiger partial charge in [0.2, 0.25) is 0 Å². The number of rotatable bonds is 5. The van der Waals surface area contributed by atoms with Gasteiger partial charge in [0.25, 0.3) is 0 Å². The van der Waals surface area contributed by atoms with Gasteiger partial charge >= 0.3 is 0 Å². The third kappa shape index (κ3) is 4.11. The first-order valence-electron chi connectivity index (χ1n) is 8.26. The Balaban J connectivity index is 1.69. The van der Waals surface area contributed by atoms with Crippen LogP contribution in [0, 0.1) is 17.5 Å². The smallest absolute Gasteiger partial charge is 0.166 e. The topological polar surface area (TPSA) is 48.4 Å². The number of β-amino-alcohol motifs (C(OH)–C–C–N with tert-alkyl or cyclic N) is 1. The highest BCUT2D eigenvalue weighted by atomic mass is 19.2. The number of hydrogen-bond donors (Lipinski definition) is 2. The van der Waals surface area contributed by atoms with Crippen LogP contribution in [0.1, 0.15) is 24.0 Å². The first-order valence-corrected chi connectivity index (χ1v) is 8.26. The first kappa shape index (κ1) is 17.7. The van der Waals surface area contributed by atoms with E-state index in [0.717, 1.165) is 42.9 Å². The van der Waals surface area contributed by atoms with E-state index >= 15 is 0 Å². The van der Waals surface area contributed by atoms with E-state index in [4.69, 9.17) is 0 Å². The lowest BCUT2D eigenvalue weighted by molar-refractivity contribution is 0.154. The Morgan fingerprint density at radius 1 is 1.16 bits per heavy atom. The number of aromatic nitrogens is 1. The standard InChI is InChI=1S/C18H20F3N3O/c19-15-5-6-16(20)17(21)14(15)10-22-9-12-3-1-7-23-18(12)24-8-2-4-13(25)11-24/h1,3,5-7,13,22,25H,2,4,8-11H2/t13-/m1/s1. The number of anilines is 1. The van der Waals surface area contributed by atoms with Gasteiger partial charge in [0.15, 0.2) is 11.6 Å². The summed E-state index contributed by atoms with van der Waals surface area (Å²) in [6.07, 6.45) is 2.94. The van der Waals surface area contributed by atoms with Crippen LogP contribution in [0.4, 0.5) is 19.0 Å². The van der Waals surface area contributed by atoms with Crippen molar-refractivity contribution in [2.45, 2.75) is 32.0 Å². The van der Waals surface area contributed by atoms with Crippen LogP contribution in [0.2, 0.25) is 0 Å². The van der Waals surface area contributed by atoms with Crippen LogP contribution < -0.4 is 10.2 Å². The Morgan fingerprint density at radius 3 is 2.76 bits per heavy atom. The molecular formula is C18H20F3N3O. The molecule has 1 aliphatic rings. The Labute approximate surface area is 144 Å². The Bertz CT molecular complexity index is 742. The lowest BCUT2D eigenvalue weighted by Crippen LogP contribution is -2.39. The number of pyridine rings is 1. The van der Waals surface area contributed by atoms with Gasteiger partial charge in [-0.05, 0) is 31.0 Å². The number of benzene rings is 1. The number of aliphatic hydroxyl groups excluding tert-OH is 1. The van der Waals surface area contributed by atoms with Crippen LogP contribution in [0.5, 0.6) is 0 Å². The number of nitrogens with one attached hydrogen (secondary N) is 1. The molecule has 1 saturated heterocycles. The molecule has 0 bridgehead atoms. The maximum atomic E-state index is 13.7. The van der Waals surface area contributed by atoms with E-state index in [1.807, 2.05) is 11.0 Å². The first-order chi connectivity index (χ1) is 12.1. The van der Waals surface area contributed by atoms with Crippen LogP contribution in [-0.2, 0) is 13.1 Å². The minimum Gasteiger partial charge on any atom is -0.391 e. The molecule has 0 aliphatic carbocycles. The molecule has 0 unspecified atom stereocenters. The molecule has 0 saturated carbocycles. The van der Waals surface area contributed by atoms with Crippen molar-refractivity contribution in [3.63, 3.8) is 0 Å². The van der Waals surface area contributed by atoms with Gasteiger partial charge < -0.3 is 15.3 Å². The van der Waals surface area contributed by atoms with E-state index in [9.17, 15) is 18.3 Å². The second-order valence-corrected chi connectivity index (χ2v) is 6.15. The van der Waals surface area contributed by atoms with Gasteiger partial charge in [-0.25, -0.2) is 18.2 Å². The van der Waals surface area contributed by atoms with E-state index in [0.29, 0.717) is 13.1 Å². The van der Waals surface area contributed by atoms with Crippen molar-refractivity contribution in [2.24, 2.45) is 0 Å². The second kappa shape index (κ2) is 7.84. The van der Waals surface area contributed by atoms with Gasteiger partial charge in [0, 0.05) is 43.5 Å². The molecule has 1 fully saturated rings. The summed E-state index contributed by atoms with van der Waals surface area (Å²) in [5.74, 6) is -2.27. The molecule has 2 N–H and O–H groups in total. The van der Waals surface area contributed by atoms with Gasteiger partial charge in [-0.1, -0.05) is 6.07 Å². The van der Waals surface area contributed by atoms with Gasteiger partial charge in [-0.3, -0.25) is 0 Å². The predicted octanol–water partition coefficient (Wildman–Crippen LogP) is 2.75. The van der Waals surface area contributed by atoms with E-state index in [2.05, 4.69) is 10.3 Å². The fourth-order valence-corrected chi connectivity index (χ4v) is 3.05. The normalized spacial score (nSPS) is 17.8. The fourth-order valence-electron chi connectivity index (χ4n) is 3.05. The molecule has 1 aromatic carbocycles. The zero-order valence-corrected chi connectivity index (χ0v) is 13.7. The average Bonchev–Trinajstić information content (AvgIpc) is 2.62. The zero-order valence-electron chi connectivity index (χ0n) is 13.7. The Morgan fingerprint density at radius 2 is 1.96 bits per heavy atom. The number of hydrogen-bond acceptors (Lipinski definition) is 4. The number of nitrogens with zero attached hydrogens (tertiary/aromatic N) is 2. The van der Waals surface area contributed by atoms with E-state index in [1.54, 1.807) is 12.3 Å². The van der Waals surface area contributed by atoms with Crippen LogP contribution >= 0.6 is 0 Å². The number of aliphatic hydroxyl groups is 1. The molecule has 0 spiro atoms. The summed E-state index contributed by atoms with van der Waals surface area (Å²) in [6.45, 7) is 1.50. The zero-order chi connectivity index (χ0) is 17.8. The minimum absolute atomic E-state index is 0.133. The van der Waals surface area contributed by atoms with Crippen molar-refractivity contribution in [3.8, 4) is 0 Å². The van der Waals surface area contributed by atoms with E-state index < -0.39 is 17.5 Å². The summed E-state index contributed by atoms with van der Waals surface area (Å²) in [6, 6.07) is 5.34. The molecule has 1 atom stereocenters. The maximum Gasteiger partial charge on any atom is 0.166 e. The molecule has 7 heteroatoms. The average molecular weight is 351 g/mol. The Kier molecular flexibility index (Phi) is 5.55. The summed E-state index contributed by atoms with van der Waals surface area (Å²) in [4.78, 5) is 6.39. The molecule has 2 heterocycles. The maximum absolute atomic E-state index is 13.7. The highest BCUT2D eigenvalue weighted by molar-refractivity contribution is 5.47. The molecule has 134 valence electrons. The quantitative estimate of drug-likeness (QED) is 0.814. The summed E-state index contributed by atoms with van der Waals surface area (Å²) < 4.78 is 40.6. The lowest BCUT2D eigenvalue weighted by atomic mass is 10.1. The van der Waals surface area contributed by atoms with Crippen molar-refractivity contribution in [1.82, 2.24) is 10.3 Å². The molecule has 25 heavy (non-hydrogen) atoms. The van der Waals surface area contributed by atoms with Gasteiger partial charge in [-0.15, -0.1) is 0 Å². The molecule has 1 aromatic heterocycles. The monoisotopic (exact) mass is 351 g/mol. The highest BCUT2D eigenvalue weighted by Gasteiger charge is 2.21. The molecular weight excluding hydrogens is 331 g/mol. The number of piperidine rings is 1. The van der Waals surface area contributed by atoms with Gasteiger partial charge in [0.1, 0.15) is 11.6 Å². The van der Waals surface area contributed by atoms with Gasteiger partial charge in [-0.2, -0.15) is 0 Å². The summed E-state index contributed by atoms with van der Waals surface area (Å²) in [5, 5.41) is 12.8. The summed E-state index contributed by atoms with van der Waals surface area (Å²) in [7, 11) is 0. The third-order valence-electron chi connectivity index (χ3n) is 4.32. The van der Waals surface area contributed by atoms with Crippen molar-refractivity contribution in [2.75, 3.05) is 18.0 Å². The highest BCUT2D eigenvalue weighted by Crippen LogP contribution is 2.22. The van der Waals surface area contributed by atoms with Crippen LogP contribution in [0.3, 0.4) is 0 Å². The predicted molar refractivity (Wildman–Crippen MR) is 88.6 cm³/mol. The van der Waals surface area contributed by atoms with Crippen LogP contribution in [0.15, 0.2) is 30.5 Å². The summed E-state index contributed by atoms with van der Waals surface area (Å²) in [5.41, 5.74) is 0.535. The molecule has 4 nitrogen and oxygen atoms in total. The minimum atomic E-state index is -1.17. The summed E-state index contributed by atoms with van der Waals surface area (Å²) >= 11 is 0. The number of halogens is 3. The lowest BCUT2D eigenvalue weighted by Gasteiger charge is -2.32. The Hall–Kier alpha value is -2.12. The largest absolute Gasteiger partial charge is 0.391 e. The van der Waals surface area contributed by atoms with Crippen molar-refractivity contribution < 1.29 is 18.3 Å². The molecule has 2 aromatic rings. The SMILES string of the molecule is O[C@@H]1CCCN(c2ncccc2CNCc2c(F)ccc(F)c2F)C1. The van der Waals surface area contributed by atoms with Crippen molar-refractivity contribution in [3.05, 3.63) is 59.0 Å². The third-order valence-corrected chi connectivity index (χ3v) is 4.32. The van der Waals surface area contributed by atoms with Gasteiger partial charge in [0.05, 0.1) is 6.10 Å². The fraction of sp³-hybridized carbons (Fsp3) is 0.389. The van der Waals surface area contributed by atoms with Crippen LogP contribution in [0.25, 0.3) is 0 Å². The molecule has 1 aliphatic heterocycles. The van der Waals surface area contributed by atoms with Crippen LogP contribution in [-0.4, -0.2) is 29.3 Å². The second-order valence-electron chi connectivity index (χ2n) is 6.15. The van der Waals surface area contributed by atoms with E-state index in [-0.39, 0.29) is 18.2 Å².